The van der Waals surface area contributed by atoms with E-state index in [1.807, 2.05) is 0 Å². The van der Waals surface area contributed by atoms with Gasteiger partial charge >= 0.3 is 0 Å². The number of rotatable bonds is 3. The number of nitrogens with zero attached hydrogens (tertiary/aromatic N) is 2. The number of benzene rings is 1. The van der Waals surface area contributed by atoms with Gasteiger partial charge in [0.05, 0.1) is 5.02 Å². The summed E-state index contributed by atoms with van der Waals surface area (Å²) in [6.07, 6.45) is 0.229. The molecule has 0 saturated heterocycles. The summed E-state index contributed by atoms with van der Waals surface area (Å²) in [6, 6.07) is 4.78. The van der Waals surface area contributed by atoms with E-state index in [9.17, 15) is 4.39 Å². The van der Waals surface area contributed by atoms with Crippen molar-refractivity contribution in [1.29, 1.82) is 0 Å². The minimum atomic E-state index is -0.457. The van der Waals surface area contributed by atoms with Crippen molar-refractivity contribution in [3.05, 3.63) is 46.3 Å². The largest absolute Gasteiger partial charge is 0.338 e. The lowest BCUT2D eigenvalue weighted by atomic mass is 10.1. The second-order valence-corrected chi connectivity index (χ2v) is 3.80. The van der Waals surface area contributed by atoms with E-state index in [1.165, 1.54) is 6.07 Å². The van der Waals surface area contributed by atoms with Crippen LogP contribution in [0, 0.1) is 5.82 Å². The Balaban J connectivity index is 2.23. The lowest BCUT2D eigenvalue weighted by Crippen LogP contribution is -1.95. The van der Waals surface area contributed by atoms with Crippen LogP contribution in [-0.4, -0.2) is 10.1 Å². The lowest BCUT2D eigenvalue weighted by molar-refractivity contribution is 0.385. The molecule has 0 radical (unpaired) electrons. The minimum Gasteiger partial charge on any atom is -0.338 e. The molecule has 2 rings (SSSR count). The Labute approximate surface area is 101 Å². The average molecular weight is 261 g/mol. The third-order valence-electron chi connectivity index (χ3n) is 2.00. The van der Waals surface area contributed by atoms with E-state index < -0.39 is 5.82 Å². The highest BCUT2D eigenvalue weighted by molar-refractivity contribution is 6.30. The molecular formula is C10H7Cl2FN2O. The summed E-state index contributed by atoms with van der Waals surface area (Å²) in [5.74, 6) is 0.391. The van der Waals surface area contributed by atoms with Crippen molar-refractivity contribution in [1.82, 2.24) is 10.1 Å². The Morgan fingerprint density at radius 1 is 1.38 bits per heavy atom. The maximum atomic E-state index is 13.5. The number of hydrogen-bond donors (Lipinski definition) is 0. The molecule has 3 nitrogen and oxygen atoms in total. The predicted octanol–water partition coefficient (Wildman–Crippen LogP) is 3.19. The first-order chi connectivity index (χ1) is 7.70. The first-order valence-electron chi connectivity index (χ1n) is 4.51. The Hall–Kier alpha value is -1.13. The first kappa shape index (κ1) is 11.4. The zero-order valence-electron chi connectivity index (χ0n) is 8.08. The van der Waals surface area contributed by atoms with Gasteiger partial charge in [0.1, 0.15) is 11.7 Å². The van der Waals surface area contributed by atoms with Gasteiger partial charge in [-0.15, -0.1) is 11.6 Å². The molecule has 16 heavy (non-hydrogen) atoms. The van der Waals surface area contributed by atoms with Crippen LogP contribution in [0.2, 0.25) is 5.02 Å². The van der Waals surface area contributed by atoms with Crippen molar-refractivity contribution in [2.24, 2.45) is 0 Å². The molecule has 0 aliphatic carbocycles. The van der Waals surface area contributed by atoms with Gasteiger partial charge in [0.2, 0.25) is 5.89 Å². The fourth-order valence-corrected chi connectivity index (χ4v) is 1.57. The molecule has 0 aliphatic heterocycles. The fraction of sp³-hybridized carbons (Fsp3) is 0.200. The van der Waals surface area contributed by atoms with Crippen molar-refractivity contribution in [3.63, 3.8) is 0 Å². The molecule has 0 spiro atoms. The molecule has 1 heterocycles. The van der Waals surface area contributed by atoms with Crippen molar-refractivity contribution >= 4 is 23.2 Å². The van der Waals surface area contributed by atoms with Gasteiger partial charge in [-0.25, -0.2) is 4.39 Å². The third-order valence-corrected chi connectivity index (χ3v) is 2.53. The van der Waals surface area contributed by atoms with E-state index >= 15 is 0 Å². The summed E-state index contributed by atoms with van der Waals surface area (Å²) < 4.78 is 18.3. The number of aromatic nitrogens is 2. The SMILES string of the molecule is Fc1c(Cl)cccc1Cc1noc(CCl)n1. The summed E-state index contributed by atoms with van der Waals surface area (Å²) in [5.41, 5.74) is 0.425. The monoisotopic (exact) mass is 260 g/mol. The predicted molar refractivity (Wildman–Crippen MR) is 58.1 cm³/mol. The quantitative estimate of drug-likeness (QED) is 0.796. The highest BCUT2D eigenvalue weighted by atomic mass is 35.5. The van der Waals surface area contributed by atoms with Crippen LogP contribution in [0.3, 0.4) is 0 Å². The highest BCUT2D eigenvalue weighted by Gasteiger charge is 2.11. The molecule has 84 valence electrons. The molecule has 0 unspecified atom stereocenters. The van der Waals surface area contributed by atoms with Crippen LogP contribution >= 0.6 is 23.2 Å². The first-order valence-corrected chi connectivity index (χ1v) is 5.42. The molecule has 0 N–H and O–H groups in total. The van der Waals surface area contributed by atoms with Crippen molar-refractivity contribution in [3.8, 4) is 0 Å². The summed E-state index contributed by atoms with van der Waals surface area (Å²) in [5, 5.41) is 3.75. The van der Waals surface area contributed by atoms with Crippen LogP contribution in [0.5, 0.6) is 0 Å². The minimum absolute atomic E-state index is 0.0820. The Morgan fingerprint density at radius 2 is 2.19 bits per heavy atom. The molecule has 1 aromatic carbocycles. The summed E-state index contributed by atoms with van der Waals surface area (Å²) in [7, 11) is 0. The van der Waals surface area contributed by atoms with E-state index in [0.717, 1.165) is 0 Å². The Kier molecular flexibility index (Phi) is 3.41. The molecule has 0 bridgehead atoms. The maximum Gasteiger partial charge on any atom is 0.241 e. The van der Waals surface area contributed by atoms with Crippen LogP contribution in [0.4, 0.5) is 4.39 Å². The van der Waals surface area contributed by atoms with E-state index in [0.29, 0.717) is 17.3 Å². The normalized spacial score (nSPS) is 10.7. The molecular weight excluding hydrogens is 254 g/mol. The molecule has 0 aliphatic rings. The third kappa shape index (κ3) is 2.33. The smallest absolute Gasteiger partial charge is 0.241 e. The number of halogens is 3. The standard InChI is InChI=1S/C10H7Cl2FN2O/c11-5-9-14-8(15-16-9)4-6-2-1-3-7(12)10(6)13/h1-3H,4-5H2. The molecule has 0 fully saturated rings. The van der Waals surface area contributed by atoms with Crippen LogP contribution in [0.1, 0.15) is 17.3 Å². The van der Waals surface area contributed by atoms with Gasteiger partial charge < -0.3 is 4.52 Å². The lowest BCUT2D eigenvalue weighted by Gasteiger charge is -2.00. The Bertz CT molecular complexity index is 501. The molecule has 6 heteroatoms. The van der Waals surface area contributed by atoms with Gasteiger partial charge in [0.25, 0.3) is 0 Å². The van der Waals surface area contributed by atoms with Gasteiger partial charge in [-0.05, 0) is 11.6 Å². The summed E-state index contributed by atoms with van der Waals surface area (Å²) in [6.45, 7) is 0. The van der Waals surface area contributed by atoms with Gasteiger partial charge in [0.15, 0.2) is 5.82 Å². The van der Waals surface area contributed by atoms with Gasteiger partial charge in [-0.1, -0.05) is 28.9 Å². The number of hydrogen-bond acceptors (Lipinski definition) is 3. The molecule has 0 saturated carbocycles. The van der Waals surface area contributed by atoms with E-state index in [1.54, 1.807) is 12.1 Å². The zero-order chi connectivity index (χ0) is 11.5. The molecule has 0 amide bonds. The number of alkyl halides is 1. The average Bonchev–Trinajstić information content (AvgIpc) is 2.73. The van der Waals surface area contributed by atoms with E-state index in [4.69, 9.17) is 27.7 Å². The maximum absolute atomic E-state index is 13.5. The van der Waals surface area contributed by atoms with Gasteiger partial charge in [-0.2, -0.15) is 4.98 Å². The Morgan fingerprint density at radius 3 is 2.88 bits per heavy atom. The summed E-state index contributed by atoms with van der Waals surface area (Å²) >= 11 is 11.2. The van der Waals surface area contributed by atoms with Crippen molar-refractivity contribution < 1.29 is 8.91 Å². The van der Waals surface area contributed by atoms with Crippen molar-refractivity contribution in [2.75, 3.05) is 0 Å². The van der Waals surface area contributed by atoms with E-state index in [-0.39, 0.29) is 17.3 Å². The summed E-state index contributed by atoms with van der Waals surface area (Å²) in [4.78, 5) is 3.98. The second kappa shape index (κ2) is 4.80. The second-order valence-electron chi connectivity index (χ2n) is 3.13. The van der Waals surface area contributed by atoms with Crippen LogP contribution in [0.25, 0.3) is 0 Å². The topological polar surface area (TPSA) is 38.9 Å². The van der Waals surface area contributed by atoms with Crippen LogP contribution < -0.4 is 0 Å². The van der Waals surface area contributed by atoms with Gasteiger partial charge in [-0.3, -0.25) is 0 Å². The fourth-order valence-electron chi connectivity index (χ4n) is 1.27. The van der Waals surface area contributed by atoms with Gasteiger partial charge in [0, 0.05) is 6.42 Å². The van der Waals surface area contributed by atoms with Crippen molar-refractivity contribution in [2.45, 2.75) is 12.3 Å². The molecule has 0 atom stereocenters. The molecule has 2 aromatic rings. The highest BCUT2D eigenvalue weighted by Crippen LogP contribution is 2.19. The molecule has 1 aromatic heterocycles. The van der Waals surface area contributed by atoms with Crippen LogP contribution in [-0.2, 0) is 12.3 Å². The van der Waals surface area contributed by atoms with Crippen LogP contribution in [0.15, 0.2) is 22.7 Å². The van der Waals surface area contributed by atoms with E-state index in [2.05, 4.69) is 10.1 Å². The zero-order valence-corrected chi connectivity index (χ0v) is 9.59.